The number of nitrogens with two attached hydrogens (primary N) is 1. The first-order chi connectivity index (χ1) is 14.4. The minimum Gasteiger partial charge on any atom is -0.383 e. The van der Waals surface area contributed by atoms with Gasteiger partial charge in [0.15, 0.2) is 0 Å². The predicted molar refractivity (Wildman–Crippen MR) is 109 cm³/mol. The van der Waals surface area contributed by atoms with Crippen LogP contribution in [-0.4, -0.2) is 26.8 Å². The van der Waals surface area contributed by atoms with Crippen LogP contribution in [0.1, 0.15) is 11.4 Å². The fourth-order valence-electron chi connectivity index (χ4n) is 2.59. The summed E-state index contributed by atoms with van der Waals surface area (Å²) in [4.78, 5) is 6.93. The zero-order valence-electron chi connectivity index (χ0n) is 15.6. The Hall–Kier alpha value is -2.83. The van der Waals surface area contributed by atoms with E-state index < -0.39 is 32.6 Å². The highest BCUT2D eigenvalue weighted by atomic mass is 35.7. The highest BCUT2D eigenvalue weighted by Crippen LogP contribution is 2.38. The first kappa shape index (κ1) is 24.4. The molecule has 0 bridgehead atoms. The lowest BCUT2D eigenvalue weighted by Gasteiger charge is -2.15. The topological polar surface area (TPSA) is 120 Å². The second-order valence-electron chi connectivity index (χ2n) is 6.05. The maximum atomic E-state index is 13.2. The van der Waals surface area contributed by atoms with Crippen molar-refractivity contribution in [2.24, 2.45) is 0 Å². The van der Waals surface area contributed by atoms with Crippen molar-refractivity contribution in [1.29, 1.82) is 0 Å². The average Bonchev–Trinajstić information content (AvgIpc) is 2.67. The van der Waals surface area contributed by atoms with Gasteiger partial charge in [0.2, 0.25) is 5.82 Å². The highest BCUT2D eigenvalue weighted by Gasteiger charge is 2.36. The van der Waals surface area contributed by atoms with Gasteiger partial charge in [-0.1, -0.05) is 42.0 Å². The van der Waals surface area contributed by atoms with Gasteiger partial charge in [0.25, 0.3) is 9.05 Å². The molecule has 7 nitrogen and oxygen atoms in total. The van der Waals surface area contributed by atoms with Crippen LogP contribution in [0.2, 0.25) is 0 Å². The molecule has 13 heteroatoms. The predicted octanol–water partition coefficient (Wildman–Crippen LogP) is 3.98. The number of halogens is 4. The lowest BCUT2D eigenvalue weighted by Crippen LogP contribution is -2.14. The Labute approximate surface area is 183 Å². The highest BCUT2D eigenvalue weighted by molar-refractivity contribution is 8.13. The van der Waals surface area contributed by atoms with Gasteiger partial charge in [-0.3, -0.25) is 0 Å². The van der Waals surface area contributed by atoms with Crippen molar-refractivity contribution in [2.45, 2.75) is 18.0 Å². The summed E-state index contributed by atoms with van der Waals surface area (Å²) >= 11 is -0.750. The van der Waals surface area contributed by atoms with Crippen molar-refractivity contribution in [3.05, 3.63) is 59.9 Å². The molecule has 3 rings (SSSR count). The van der Waals surface area contributed by atoms with E-state index >= 15 is 0 Å². The van der Waals surface area contributed by atoms with Crippen LogP contribution in [-0.2, 0) is 26.8 Å². The monoisotopic (exact) mass is 491 g/mol. The van der Waals surface area contributed by atoms with E-state index in [0.717, 1.165) is 5.56 Å². The van der Waals surface area contributed by atoms with Crippen LogP contribution in [0.4, 0.5) is 19.0 Å². The number of anilines is 1. The molecule has 0 spiro atoms. The van der Waals surface area contributed by atoms with E-state index in [1.54, 1.807) is 24.3 Å². The summed E-state index contributed by atoms with van der Waals surface area (Å²) < 4.78 is 79.0. The maximum absolute atomic E-state index is 13.2. The molecule has 164 valence electrons. The molecule has 2 aromatic carbocycles. The van der Waals surface area contributed by atoms with Gasteiger partial charge in [-0.15, -0.1) is 0 Å². The van der Waals surface area contributed by atoms with E-state index in [1.165, 1.54) is 24.3 Å². The van der Waals surface area contributed by atoms with E-state index in [0.29, 0.717) is 11.1 Å². The molecule has 2 N–H and O–H groups in total. The number of rotatable bonds is 3. The third-order valence-corrected chi connectivity index (χ3v) is 5.31. The second-order valence-corrected chi connectivity index (χ2v) is 8.75. The fraction of sp³-hybridized carbons (Fsp3) is 0.111. The smallest absolute Gasteiger partial charge is 0.383 e. The van der Waals surface area contributed by atoms with Crippen molar-refractivity contribution in [1.82, 2.24) is 9.97 Å². The van der Waals surface area contributed by atoms with E-state index in [1.807, 2.05) is 6.92 Å². The number of hydrogen-bond donors (Lipinski definition) is 1. The Kier molecular flexibility index (Phi) is 7.52. The van der Waals surface area contributed by atoms with Gasteiger partial charge in [-0.25, -0.2) is 18.4 Å². The second kappa shape index (κ2) is 9.54. The minimum atomic E-state index is -4.78. The molecule has 3 aromatic rings. The van der Waals surface area contributed by atoms with Crippen LogP contribution in [0.5, 0.6) is 0 Å². The lowest BCUT2D eigenvalue weighted by atomic mass is 9.99. The summed E-state index contributed by atoms with van der Waals surface area (Å²) in [5, 5.41) is 0. The van der Waals surface area contributed by atoms with Gasteiger partial charge in [0.1, 0.15) is 5.82 Å². The number of aryl methyl sites for hydroxylation is 1. The first-order valence-corrected chi connectivity index (χ1v) is 11.1. The number of nitrogen functional groups attached to an aromatic ring is 1. The summed E-state index contributed by atoms with van der Waals surface area (Å²) in [6, 6.07) is 11.9. The zero-order valence-corrected chi connectivity index (χ0v) is 17.9. The molecule has 0 saturated carbocycles. The van der Waals surface area contributed by atoms with E-state index in [2.05, 4.69) is 9.97 Å². The molecule has 0 radical (unpaired) electrons. The number of alkyl halides is 3. The first-order valence-electron chi connectivity index (χ1n) is 8.17. The van der Waals surface area contributed by atoms with Crippen LogP contribution < -0.4 is 5.73 Å². The molecule has 1 heterocycles. The molecule has 0 aliphatic carbocycles. The van der Waals surface area contributed by atoms with E-state index in [4.69, 9.17) is 24.8 Å². The van der Waals surface area contributed by atoms with Crippen LogP contribution in [0.25, 0.3) is 22.4 Å². The molecular formula is C18H13ClF3N3O4S2. The molecule has 0 amide bonds. The normalized spacial score (nSPS) is 11.4. The zero-order chi connectivity index (χ0) is 23.4. The van der Waals surface area contributed by atoms with Gasteiger partial charge < -0.3 is 5.73 Å². The van der Waals surface area contributed by atoms with E-state index in [-0.39, 0.29) is 22.0 Å². The largest absolute Gasteiger partial charge is 0.451 e. The van der Waals surface area contributed by atoms with Gasteiger partial charge in [0, 0.05) is 16.2 Å². The third kappa shape index (κ3) is 6.09. The molecule has 0 aliphatic rings. The van der Waals surface area contributed by atoms with Crippen LogP contribution in [0, 0.1) is 6.92 Å². The molecular weight excluding hydrogens is 479 g/mol. The van der Waals surface area contributed by atoms with E-state index in [9.17, 15) is 21.6 Å². The van der Waals surface area contributed by atoms with Crippen molar-refractivity contribution < 1.29 is 30.0 Å². The average molecular weight is 492 g/mol. The van der Waals surface area contributed by atoms with Crippen LogP contribution in [0.3, 0.4) is 0 Å². The Morgan fingerprint density at radius 1 is 0.935 bits per heavy atom. The quantitative estimate of drug-likeness (QED) is 0.550. The summed E-state index contributed by atoms with van der Waals surface area (Å²) in [6.45, 7) is 1.84. The van der Waals surface area contributed by atoms with Crippen molar-refractivity contribution >= 4 is 37.1 Å². The summed E-state index contributed by atoms with van der Waals surface area (Å²) in [5.74, 6) is -1.73. The van der Waals surface area contributed by atoms with Gasteiger partial charge >= 0.3 is 17.7 Å². The molecule has 31 heavy (non-hydrogen) atoms. The van der Waals surface area contributed by atoms with Crippen LogP contribution in [0.15, 0.2) is 53.4 Å². The Balaban J connectivity index is 0.00000107. The Morgan fingerprint density at radius 3 is 1.87 bits per heavy atom. The standard InChI is InChI=1S/C18H13ClF3N3O2S.O2S/c1-10-2-4-12(5-3-10)15-14(16(23)25-17(24-15)18(20,21)22)11-6-8-13(9-7-11)28(19,26)27;1-3-2/h2-9H,1H3,(H2,23,24,25);. The molecule has 0 atom stereocenters. The van der Waals surface area contributed by atoms with Crippen molar-refractivity contribution in [3.63, 3.8) is 0 Å². The van der Waals surface area contributed by atoms with Crippen molar-refractivity contribution in [3.8, 4) is 22.4 Å². The fourth-order valence-corrected chi connectivity index (χ4v) is 3.36. The minimum absolute atomic E-state index is 0.0127. The van der Waals surface area contributed by atoms with Crippen molar-refractivity contribution in [2.75, 3.05) is 5.73 Å². The van der Waals surface area contributed by atoms with Crippen LogP contribution >= 0.6 is 10.7 Å². The Morgan fingerprint density at radius 2 is 1.42 bits per heavy atom. The molecule has 0 fully saturated rings. The third-order valence-electron chi connectivity index (χ3n) is 3.94. The Bertz CT molecular complexity index is 1230. The molecule has 1 aromatic heterocycles. The molecule has 0 unspecified atom stereocenters. The van der Waals surface area contributed by atoms with Gasteiger partial charge in [-0.2, -0.15) is 21.6 Å². The molecule has 0 saturated heterocycles. The summed E-state index contributed by atoms with van der Waals surface area (Å²) in [6.07, 6.45) is -4.78. The van der Waals surface area contributed by atoms with Gasteiger partial charge in [0.05, 0.1) is 16.2 Å². The summed E-state index contributed by atoms with van der Waals surface area (Å²) in [5.41, 5.74) is 7.68. The number of hydrogen-bond acceptors (Lipinski definition) is 7. The number of benzene rings is 2. The molecule has 0 aliphatic heterocycles. The SMILES string of the molecule is Cc1ccc(-c2nc(C(F)(F)F)nc(N)c2-c2ccc(S(=O)(=O)Cl)cc2)cc1.O=S=O. The number of aromatic nitrogens is 2. The summed E-state index contributed by atoms with van der Waals surface area (Å²) in [7, 11) is 1.35. The maximum Gasteiger partial charge on any atom is 0.451 e. The number of nitrogens with zero attached hydrogens (tertiary/aromatic N) is 2. The lowest BCUT2D eigenvalue weighted by molar-refractivity contribution is -0.144. The van der Waals surface area contributed by atoms with Gasteiger partial charge in [-0.05, 0) is 24.6 Å².